The predicted octanol–water partition coefficient (Wildman–Crippen LogP) is 2.36. The molecule has 3 aromatic rings. The average Bonchev–Trinajstić information content (AvgIpc) is 3.18. The molecule has 2 amide bonds. The number of likely N-dealkylation sites (tertiary alicyclic amines) is 1. The van der Waals surface area contributed by atoms with Gasteiger partial charge in [-0.3, -0.25) is 19.5 Å². The fourth-order valence-corrected chi connectivity index (χ4v) is 3.83. The molecule has 3 N–H and O–H groups in total. The topological polar surface area (TPSA) is 127 Å². The minimum Gasteiger partial charge on any atom is -0.366 e. The maximum atomic E-state index is 12.3. The number of hydrogen-bond donors (Lipinski definition) is 2. The standard InChI is InChI=1S/C22H24N6O3/c1-14-22(27-31-26-14)25-20(29)13-28-9-3-6-18(12-28)19-8-7-17(11-24-19)15-4-2-5-16(10-15)21(23)30/h2,4-5,7-8,10-11,18H,3,6,9,12-13H2,1H3,(H2,23,30)(H,25,27,29)/t18-/m0/s1. The summed E-state index contributed by atoms with van der Waals surface area (Å²) in [5.74, 6) is 0.0176. The van der Waals surface area contributed by atoms with Gasteiger partial charge in [-0.05, 0) is 55.2 Å². The van der Waals surface area contributed by atoms with Crippen molar-refractivity contribution in [3.8, 4) is 11.1 Å². The van der Waals surface area contributed by atoms with Crippen molar-refractivity contribution in [1.82, 2.24) is 20.2 Å². The minimum atomic E-state index is -0.451. The van der Waals surface area contributed by atoms with Gasteiger partial charge in [0.2, 0.25) is 11.8 Å². The molecule has 1 aliphatic heterocycles. The van der Waals surface area contributed by atoms with Crippen LogP contribution in [0.4, 0.5) is 5.82 Å². The molecule has 0 spiro atoms. The van der Waals surface area contributed by atoms with Crippen LogP contribution in [0.2, 0.25) is 0 Å². The Kier molecular flexibility index (Phi) is 6.03. The fraction of sp³-hybridized carbons (Fsp3) is 0.318. The number of carbonyl (C=O) groups is 2. The number of nitrogens with one attached hydrogen (secondary N) is 1. The van der Waals surface area contributed by atoms with E-state index in [1.807, 2.05) is 30.5 Å². The van der Waals surface area contributed by atoms with E-state index in [9.17, 15) is 9.59 Å². The Morgan fingerprint density at radius 2 is 2.10 bits per heavy atom. The summed E-state index contributed by atoms with van der Waals surface area (Å²) in [7, 11) is 0. The van der Waals surface area contributed by atoms with Gasteiger partial charge in [-0.1, -0.05) is 23.4 Å². The summed E-state index contributed by atoms with van der Waals surface area (Å²) in [4.78, 5) is 30.5. The minimum absolute atomic E-state index is 0.142. The van der Waals surface area contributed by atoms with Gasteiger partial charge >= 0.3 is 0 Å². The number of primary amides is 1. The van der Waals surface area contributed by atoms with Crippen LogP contribution in [0.15, 0.2) is 47.2 Å². The SMILES string of the molecule is Cc1nonc1NC(=O)CN1CCC[C@H](c2ccc(-c3cccc(C(N)=O)c3)cn2)C1. The smallest absolute Gasteiger partial charge is 0.248 e. The molecular weight excluding hydrogens is 396 g/mol. The first-order chi connectivity index (χ1) is 15.0. The Morgan fingerprint density at radius 1 is 1.23 bits per heavy atom. The van der Waals surface area contributed by atoms with E-state index in [-0.39, 0.29) is 18.4 Å². The summed E-state index contributed by atoms with van der Waals surface area (Å²) in [5, 5.41) is 10.1. The fourth-order valence-electron chi connectivity index (χ4n) is 3.83. The third-order valence-corrected chi connectivity index (χ3v) is 5.47. The number of nitrogens with zero attached hydrogens (tertiary/aromatic N) is 4. The molecule has 1 saturated heterocycles. The van der Waals surface area contributed by atoms with E-state index in [1.165, 1.54) is 0 Å². The Labute approximate surface area is 179 Å². The number of rotatable bonds is 6. The molecule has 4 rings (SSSR count). The number of piperidine rings is 1. The number of anilines is 1. The van der Waals surface area contributed by atoms with Crippen molar-refractivity contribution in [3.63, 3.8) is 0 Å². The highest BCUT2D eigenvalue weighted by Gasteiger charge is 2.24. The Morgan fingerprint density at radius 3 is 2.81 bits per heavy atom. The van der Waals surface area contributed by atoms with Crippen LogP contribution in [0.5, 0.6) is 0 Å². The largest absolute Gasteiger partial charge is 0.366 e. The maximum Gasteiger partial charge on any atom is 0.248 e. The molecule has 160 valence electrons. The summed E-state index contributed by atoms with van der Waals surface area (Å²) < 4.78 is 4.61. The monoisotopic (exact) mass is 420 g/mol. The molecule has 1 fully saturated rings. The van der Waals surface area contributed by atoms with Gasteiger partial charge < -0.3 is 11.1 Å². The summed E-state index contributed by atoms with van der Waals surface area (Å²) >= 11 is 0. The first-order valence-corrected chi connectivity index (χ1v) is 10.2. The second kappa shape index (κ2) is 9.05. The molecule has 0 radical (unpaired) electrons. The van der Waals surface area contributed by atoms with Crippen molar-refractivity contribution in [2.75, 3.05) is 25.0 Å². The molecule has 1 atom stereocenters. The second-order valence-corrected chi connectivity index (χ2v) is 7.74. The Balaban J connectivity index is 1.39. The molecular formula is C22H24N6O3. The van der Waals surface area contributed by atoms with Crippen LogP contribution in [0, 0.1) is 6.92 Å². The molecule has 31 heavy (non-hydrogen) atoms. The van der Waals surface area contributed by atoms with E-state index in [4.69, 9.17) is 5.73 Å². The normalized spacial score (nSPS) is 16.7. The van der Waals surface area contributed by atoms with E-state index in [1.54, 1.807) is 19.1 Å². The number of benzene rings is 1. The lowest BCUT2D eigenvalue weighted by Crippen LogP contribution is -2.40. The molecule has 0 saturated carbocycles. The van der Waals surface area contributed by atoms with Crippen molar-refractivity contribution in [1.29, 1.82) is 0 Å². The lowest BCUT2D eigenvalue weighted by atomic mass is 9.93. The number of aromatic nitrogens is 3. The second-order valence-electron chi connectivity index (χ2n) is 7.74. The van der Waals surface area contributed by atoms with Crippen LogP contribution in [0.25, 0.3) is 11.1 Å². The van der Waals surface area contributed by atoms with E-state index < -0.39 is 5.91 Å². The van der Waals surface area contributed by atoms with Gasteiger partial charge in [0.1, 0.15) is 5.69 Å². The first-order valence-electron chi connectivity index (χ1n) is 10.2. The van der Waals surface area contributed by atoms with E-state index in [0.29, 0.717) is 17.1 Å². The number of carbonyl (C=O) groups excluding carboxylic acids is 2. The van der Waals surface area contributed by atoms with Crippen molar-refractivity contribution in [2.45, 2.75) is 25.7 Å². The van der Waals surface area contributed by atoms with Crippen LogP contribution in [-0.4, -0.2) is 51.6 Å². The van der Waals surface area contributed by atoms with Gasteiger partial charge in [0.25, 0.3) is 0 Å². The third kappa shape index (κ3) is 4.95. The zero-order valence-corrected chi connectivity index (χ0v) is 17.2. The maximum absolute atomic E-state index is 12.3. The molecule has 2 aromatic heterocycles. The molecule has 0 unspecified atom stereocenters. The molecule has 9 nitrogen and oxygen atoms in total. The quantitative estimate of drug-likeness (QED) is 0.626. The Hall–Kier alpha value is -3.59. The van der Waals surface area contributed by atoms with Gasteiger partial charge in [0.15, 0.2) is 5.82 Å². The zero-order chi connectivity index (χ0) is 21.8. The molecule has 1 aliphatic rings. The highest BCUT2D eigenvalue weighted by Crippen LogP contribution is 2.27. The van der Waals surface area contributed by atoms with Crippen LogP contribution in [0.1, 0.15) is 40.5 Å². The van der Waals surface area contributed by atoms with Crippen molar-refractivity contribution in [3.05, 3.63) is 59.5 Å². The summed E-state index contributed by atoms with van der Waals surface area (Å²) in [5.41, 5.74) is 9.22. The summed E-state index contributed by atoms with van der Waals surface area (Å²) in [6.07, 6.45) is 3.84. The van der Waals surface area contributed by atoms with E-state index in [2.05, 4.69) is 30.1 Å². The van der Waals surface area contributed by atoms with Gasteiger partial charge in [0.05, 0.1) is 6.54 Å². The first kappa shape index (κ1) is 20.7. The molecule has 3 heterocycles. The molecule has 1 aromatic carbocycles. The van der Waals surface area contributed by atoms with Crippen LogP contribution >= 0.6 is 0 Å². The van der Waals surface area contributed by atoms with E-state index in [0.717, 1.165) is 42.8 Å². The van der Waals surface area contributed by atoms with Crippen molar-refractivity contribution >= 4 is 17.6 Å². The highest BCUT2D eigenvalue weighted by molar-refractivity contribution is 5.94. The Bertz CT molecular complexity index is 1080. The van der Waals surface area contributed by atoms with Crippen LogP contribution in [0.3, 0.4) is 0 Å². The van der Waals surface area contributed by atoms with Gasteiger partial charge in [-0.15, -0.1) is 0 Å². The number of hydrogen-bond acceptors (Lipinski definition) is 7. The van der Waals surface area contributed by atoms with Crippen LogP contribution in [-0.2, 0) is 4.79 Å². The lowest BCUT2D eigenvalue weighted by molar-refractivity contribution is -0.117. The third-order valence-electron chi connectivity index (χ3n) is 5.47. The van der Waals surface area contributed by atoms with Gasteiger partial charge in [-0.25, -0.2) is 4.63 Å². The van der Waals surface area contributed by atoms with Gasteiger partial charge in [-0.2, -0.15) is 0 Å². The number of pyridine rings is 1. The molecule has 0 bridgehead atoms. The summed E-state index contributed by atoms with van der Waals surface area (Å²) in [6.45, 7) is 3.62. The summed E-state index contributed by atoms with van der Waals surface area (Å²) in [6, 6.07) is 11.2. The number of nitrogens with two attached hydrogens (primary N) is 1. The van der Waals surface area contributed by atoms with Crippen LogP contribution < -0.4 is 11.1 Å². The number of aryl methyl sites for hydroxylation is 1. The average molecular weight is 420 g/mol. The predicted molar refractivity (Wildman–Crippen MR) is 114 cm³/mol. The highest BCUT2D eigenvalue weighted by atomic mass is 16.6. The zero-order valence-electron chi connectivity index (χ0n) is 17.2. The molecule has 0 aliphatic carbocycles. The van der Waals surface area contributed by atoms with Crippen molar-refractivity contribution in [2.24, 2.45) is 5.73 Å². The molecule has 9 heteroatoms. The lowest BCUT2D eigenvalue weighted by Gasteiger charge is -2.31. The number of amides is 2. The van der Waals surface area contributed by atoms with Gasteiger partial charge in [0, 0.05) is 35.5 Å². The van der Waals surface area contributed by atoms with Crippen molar-refractivity contribution < 1.29 is 14.2 Å². The van der Waals surface area contributed by atoms with E-state index >= 15 is 0 Å².